The number of hydrogen-bond acceptors (Lipinski definition) is 3. The molecule has 1 aromatic rings. The average molecular weight is 440 g/mol. The van der Waals surface area contributed by atoms with Gasteiger partial charge in [-0.05, 0) is 19.3 Å². The predicted molar refractivity (Wildman–Crippen MR) is 95.2 cm³/mol. The zero-order chi connectivity index (χ0) is 15.5. The van der Waals surface area contributed by atoms with Gasteiger partial charge < -0.3 is 10.6 Å². The number of halogens is 3. The minimum atomic E-state index is -2.57. The van der Waals surface area contributed by atoms with E-state index in [2.05, 4.69) is 25.5 Å². The first-order valence-corrected chi connectivity index (χ1v) is 7.68. The van der Waals surface area contributed by atoms with E-state index in [4.69, 9.17) is 0 Å². The molecule has 0 spiro atoms. The molecular formula is C14H23F2IN6. The average Bonchev–Trinajstić information content (AvgIpc) is 3.07. The molecule has 1 aromatic heterocycles. The molecule has 2 heterocycles. The van der Waals surface area contributed by atoms with Crippen LogP contribution in [0, 0.1) is 0 Å². The summed E-state index contributed by atoms with van der Waals surface area (Å²) in [6, 6.07) is 1.14. The van der Waals surface area contributed by atoms with Crippen LogP contribution in [0.2, 0.25) is 0 Å². The van der Waals surface area contributed by atoms with Gasteiger partial charge in [0, 0.05) is 44.6 Å². The van der Waals surface area contributed by atoms with Crippen molar-refractivity contribution in [3.63, 3.8) is 0 Å². The second-order valence-corrected chi connectivity index (χ2v) is 5.81. The van der Waals surface area contributed by atoms with Crippen LogP contribution in [-0.2, 0) is 6.54 Å². The van der Waals surface area contributed by atoms with Gasteiger partial charge in [0.25, 0.3) is 0 Å². The van der Waals surface area contributed by atoms with E-state index in [-0.39, 0.29) is 30.5 Å². The Morgan fingerprint density at radius 2 is 2.22 bits per heavy atom. The number of likely N-dealkylation sites (tertiary alicyclic amines) is 1. The highest BCUT2D eigenvalue weighted by molar-refractivity contribution is 14.0. The molecule has 0 amide bonds. The van der Waals surface area contributed by atoms with Crippen LogP contribution in [-0.4, -0.2) is 52.6 Å². The number of nitrogens with one attached hydrogen (secondary N) is 2. The molecule has 9 heteroatoms. The summed E-state index contributed by atoms with van der Waals surface area (Å²) in [6.07, 6.45) is 6.38. The second kappa shape index (κ2) is 8.22. The highest BCUT2D eigenvalue weighted by atomic mass is 127. The molecule has 3 rings (SSSR count). The molecule has 1 aliphatic heterocycles. The van der Waals surface area contributed by atoms with Gasteiger partial charge in [-0.25, -0.2) is 4.98 Å². The fraction of sp³-hybridized carbons (Fsp3) is 0.714. The lowest BCUT2D eigenvalue weighted by atomic mass is 10.3. The van der Waals surface area contributed by atoms with Gasteiger partial charge in [0.05, 0.1) is 6.54 Å². The van der Waals surface area contributed by atoms with Crippen LogP contribution in [0.3, 0.4) is 0 Å². The highest BCUT2D eigenvalue weighted by Crippen LogP contribution is 2.29. The second-order valence-electron chi connectivity index (χ2n) is 5.81. The van der Waals surface area contributed by atoms with Crippen molar-refractivity contribution in [2.24, 2.45) is 4.99 Å². The standard InChI is InChI=1S/C14H22F2N6.HI/c1-17-14(19-8-12-18-5-7-22(12)13(15)16)20-10-4-6-21(9-10)11-2-3-11;/h5,7,10-11,13H,2-4,6,8-9H2,1H3,(H2,17,19,20);1H. The largest absolute Gasteiger partial charge is 0.352 e. The van der Waals surface area contributed by atoms with Gasteiger partial charge in [-0.1, -0.05) is 0 Å². The molecule has 0 aromatic carbocycles. The summed E-state index contributed by atoms with van der Waals surface area (Å²) < 4.78 is 26.4. The predicted octanol–water partition coefficient (Wildman–Crippen LogP) is 1.80. The Morgan fingerprint density at radius 1 is 1.43 bits per heavy atom. The number of nitrogens with zero attached hydrogens (tertiary/aromatic N) is 4. The molecule has 1 aliphatic carbocycles. The molecule has 2 fully saturated rings. The van der Waals surface area contributed by atoms with Crippen molar-refractivity contribution in [2.45, 2.75) is 44.4 Å². The van der Waals surface area contributed by atoms with Crippen molar-refractivity contribution in [2.75, 3.05) is 20.1 Å². The summed E-state index contributed by atoms with van der Waals surface area (Å²) in [6.45, 7) is -0.210. The lowest BCUT2D eigenvalue weighted by Gasteiger charge is -2.18. The molecule has 2 aliphatic rings. The highest BCUT2D eigenvalue weighted by Gasteiger charge is 2.34. The minimum absolute atomic E-state index is 0. The maximum absolute atomic E-state index is 12.8. The lowest BCUT2D eigenvalue weighted by Crippen LogP contribution is -2.44. The van der Waals surface area contributed by atoms with E-state index in [0.717, 1.165) is 30.1 Å². The van der Waals surface area contributed by atoms with Crippen LogP contribution in [0.25, 0.3) is 0 Å². The first-order valence-electron chi connectivity index (χ1n) is 7.68. The van der Waals surface area contributed by atoms with Crippen LogP contribution in [0.1, 0.15) is 31.6 Å². The Hall–Kier alpha value is -0.970. The number of hydrogen-bond donors (Lipinski definition) is 2. The van der Waals surface area contributed by atoms with Crippen molar-refractivity contribution >= 4 is 29.9 Å². The van der Waals surface area contributed by atoms with E-state index in [0.29, 0.717) is 17.8 Å². The monoisotopic (exact) mass is 440 g/mol. The molecule has 1 saturated heterocycles. The van der Waals surface area contributed by atoms with Crippen LogP contribution in [0.15, 0.2) is 17.4 Å². The minimum Gasteiger partial charge on any atom is -0.352 e. The van der Waals surface area contributed by atoms with Gasteiger partial charge in [0.2, 0.25) is 0 Å². The van der Waals surface area contributed by atoms with Crippen molar-refractivity contribution in [1.82, 2.24) is 25.1 Å². The van der Waals surface area contributed by atoms with Gasteiger partial charge in [0.15, 0.2) is 5.96 Å². The molecule has 2 N–H and O–H groups in total. The van der Waals surface area contributed by atoms with Crippen LogP contribution >= 0.6 is 24.0 Å². The summed E-state index contributed by atoms with van der Waals surface area (Å²) >= 11 is 0. The Bertz CT molecular complexity index is 531. The van der Waals surface area contributed by atoms with E-state index in [9.17, 15) is 8.78 Å². The van der Waals surface area contributed by atoms with Crippen LogP contribution in [0.4, 0.5) is 8.78 Å². The van der Waals surface area contributed by atoms with Crippen molar-refractivity contribution in [3.05, 3.63) is 18.2 Å². The molecule has 1 saturated carbocycles. The summed E-state index contributed by atoms with van der Waals surface area (Å²) in [5, 5.41) is 6.42. The summed E-state index contributed by atoms with van der Waals surface area (Å²) in [5.74, 6) is 0.926. The zero-order valence-electron chi connectivity index (χ0n) is 13.1. The quantitative estimate of drug-likeness (QED) is 0.417. The summed E-state index contributed by atoms with van der Waals surface area (Å²) in [5.41, 5.74) is 0. The number of rotatable bonds is 5. The number of guanidine groups is 1. The normalized spacial score (nSPS) is 22.3. The Labute approximate surface area is 151 Å². The SMILES string of the molecule is CN=C(NCc1nccn1C(F)F)NC1CCN(C2CC2)C1.I. The molecule has 0 radical (unpaired) electrons. The Balaban J connectivity index is 0.00000192. The fourth-order valence-corrected chi connectivity index (χ4v) is 2.89. The summed E-state index contributed by atoms with van der Waals surface area (Å²) in [7, 11) is 1.68. The molecule has 130 valence electrons. The van der Waals surface area contributed by atoms with Gasteiger partial charge in [0.1, 0.15) is 5.82 Å². The first-order chi connectivity index (χ1) is 10.7. The first kappa shape index (κ1) is 18.4. The zero-order valence-corrected chi connectivity index (χ0v) is 15.4. The third-order valence-corrected chi connectivity index (χ3v) is 4.22. The lowest BCUT2D eigenvalue weighted by molar-refractivity contribution is 0.0668. The maximum atomic E-state index is 12.8. The molecule has 23 heavy (non-hydrogen) atoms. The molecule has 1 atom stereocenters. The van der Waals surface area contributed by atoms with Crippen molar-refractivity contribution in [3.8, 4) is 0 Å². The maximum Gasteiger partial charge on any atom is 0.319 e. The van der Waals surface area contributed by atoms with Gasteiger partial charge in [-0.3, -0.25) is 14.5 Å². The topological polar surface area (TPSA) is 57.5 Å². The summed E-state index contributed by atoms with van der Waals surface area (Å²) in [4.78, 5) is 10.6. The van der Waals surface area contributed by atoms with E-state index >= 15 is 0 Å². The number of alkyl halides is 2. The van der Waals surface area contributed by atoms with Crippen molar-refractivity contribution < 1.29 is 8.78 Å². The van der Waals surface area contributed by atoms with Gasteiger partial charge >= 0.3 is 6.55 Å². The van der Waals surface area contributed by atoms with Crippen LogP contribution in [0.5, 0.6) is 0 Å². The van der Waals surface area contributed by atoms with Gasteiger partial charge in [-0.2, -0.15) is 8.78 Å². The van der Waals surface area contributed by atoms with E-state index in [1.54, 1.807) is 7.05 Å². The smallest absolute Gasteiger partial charge is 0.319 e. The van der Waals surface area contributed by atoms with Gasteiger partial charge in [-0.15, -0.1) is 24.0 Å². The Morgan fingerprint density at radius 3 is 2.87 bits per heavy atom. The number of aromatic nitrogens is 2. The van der Waals surface area contributed by atoms with E-state index in [1.165, 1.54) is 25.2 Å². The third-order valence-electron chi connectivity index (χ3n) is 4.22. The molecule has 1 unspecified atom stereocenters. The van der Waals surface area contributed by atoms with Crippen LogP contribution < -0.4 is 10.6 Å². The fourth-order valence-electron chi connectivity index (χ4n) is 2.89. The van der Waals surface area contributed by atoms with E-state index < -0.39 is 6.55 Å². The Kier molecular flexibility index (Phi) is 6.57. The molecule has 0 bridgehead atoms. The van der Waals surface area contributed by atoms with Crippen molar-refractivity contribution in [1.29, 1.82) is 0 Å². The third kappa shape index (κ3) is 4.75. The number of imidazole rings is 1. The van der Waals surface area contributed by atoms with E-state index in [1.807, 2.05) is 0 Å². The molecular weight excluding hydrogens is 417 g/mol. The molecule has 6 nitrogen and oxygen atoms in total. The number of aliphatic imine (C=N–C) groups is 1.